The maximum Gasteiger partial charge on any atom is 0.184 e. The first-order valence-electron chi connectivity index (χ1n) is 5.50. The molecular weight excluding hydrogens is 218 g/mol. The quantitative estimate of drug-likeness (QED) is 0.700. The van der Waals surface area contributed by atoms with Crippen molar-refractivity contribution >= 4 is 22.0 Å². The van der Waals surface area contributed by atoms with Gasteiger partial charge in [0.1, 0.15) is 5.58 Å². The molecule has 0 saturated carbocycles. The van der Waals surface area contributed by atoms with Crippen molar-refractivity contribution < 1.29 is 4.42 Å². The topological polar surface area (TPSA) is 76.9 Å². The van der Waals surface area contributed by atoms with Gasteiger partial charge in [0.25, 0.3) is 0 Å². The Balaban J connectivity index is 2.41. The monoisotopic (exact) mass is 231 g/mol. The Labute approximate surface area is 96.8 Å². The average Bonchev–Trinajstić information content (AvgIpc) is 2.57. The standard InChI is InChI=1S/C12H13N3O2/c1-7(13)6-15-10-4-8(16)5-11-12(10)9(14-15)2-3-17-11/h2-5,7,14H,6,13H2,1H3. The number of aromatic nitrogens is 2. The second-order valence-corrected chi connectivity index (χ2v) is 4.35. The molecule has 0 aliphatic heterocycles. The third kappa shape index (κ3) is 1.55. The lowest BCUT2D eigenvalue weighted by atomic mass is 10.2. The molecule has 5 nitrogen and oxygen atoms in total. The molecule has 0 aliphatic carbocycles. The Kier molecular flexibility index (Phi) is 2.09. The predicted octanol–water partition coefficient (Wildman–Crippen LogP) is 1.42. The lowest BCUT2D eigenvalue weighted by Gasteiger charge is -2.07. The van der Waals surface area contributed by atoms with Gasteiger partial charge in [0.05, 0.1) is 29.2 Å². The van der Waals surface area contributed by atoms with Crippen molar-refractivity contribution in [2.24, 2.45) is 5.73 Å². The molecule has 3 N–H and O–H groups in total. The van der Waals surface area contributed by atoms with Crippen LogP contribution in [0.5, 0.6) is 0 Å². The minimum absolute atomic E-state index is 0.0131. The molecule has 0 radical (unpaired) electrons. The number of H-pyrrole nitrogens is 1. The van der Waals surface area contributed by atoms with Crippen molar-refractivity contribution in [3.63, 3.8) is 0 Å². The second kappa shape index (κ2) is 3.49. The Bertz CT molecular complexity index is 733. The summed E-state index contributed by atoms with van der Waals surface area (Å²) in [6.07, 6.45) is 1.57. The molecule has 1 unspecified atom stereocenters. The van der Waals surface area contributed by atoms with E-state index in [1.54, 1.807) is 12.3 Å². The van der Waals surface area contributed by atoms with Gasteiger partial charge in [-0.1, -0.05) is 0 Å². The smallest absolute Gasteiger partial charge is 0.184 e. The first-order chi connectivity index (χ1) is 8.15. The Morgan fingerprint density at radius 2 is 2.35 bits per heavy atom. The van der Waals surface area contributed by atoms with Crippen molar-refractivity contribution in [3.05, 3.63) is 34.7 Å². The number of hydrogen-bond acceptors (Lipinski definition) is 3. The number of benzene rings is 1. The minimum Gasteiger partial charge on any atom is -0.464 e. The molecule has 1 aromatic carbocycles. The van der Waals surface area contributed by atoms with Crippen LogP contribution < -0.4 is 11.2 Å². The lowest BCUT2D eigenvalue weighted by molar-refractivity contribution is 0.557. The van der Waals surface area contributed by atoms with E-state index in [0.717, 1.165) is 16.4 Å². The van der Waals surface area contributed by atoms with Gasteiger partial charge in [-0.25, -0.2) is 0 Å². The van der Waals surface area contributed by atoms with Crippen LogP contribution in [-0.2, 0) is 6.54 Å². The normalized spacial score (nSPS) is 13.5. The summed E-state index contributed by atoms with van der Waals surface area (Å²) >= 11 is 0. The number of hydrogen-bond donors (Lipinski definition) is 2. The molecule has 3 rings (SSSR count). The highest BCUT2D eigenvalue weighted by Gasteiger charge is 2.11. The molecule has 1 atom stereocenters. The molecule has 0 bridgehead atoms. The van der Waals surface area contributed by atoms with Gasteiger partial charge >= 0.3 is 0 Å². The maximum atomic E-state index is 11.6. The van der Waals surface area contributed by atoms with Crippen molar-refractivity contribution in [1.82, 2.24) is 9.78 Å². The van der Waals surface area contributed by atoms with E-state index in [1.807, 2.05) is 17.7 Å². The summed E-state index contributed by atoms with van der Waals surface area (Å²) in [6, 6.07) is 4.96. The highest BCUT2D eigenvalue weighted by Crippen LogP contribution is 2.24. The highest BCUT2D eigenvalue weighted by atomic mass is 16.3. The van der Waals surface area contributed by atoms with E-state index in [2.05, 4.69) is 5.10 Å². The van der Waals surface area contributed by atoms with Crippen LogP contribution >= 0.6 is 0 Å². The number of aromatic amines is 1. The Morgan fingerprint density at radius 1 is 1.53 bits per heavy atom. The molecule has 3 aromatic rings. The van der Waals surface area contributed by atoms with E-state index in [-0.39, 0.29) is 11.5 Å². The van der Waals surface area contributed by atoms with Gasteiger partial charge in [-0.05, 0) is 13.0 Å². The molecule has 88 valence electrons. The summed E-state index contributed by atoms with van der Waals surface area (Å²) in [6.45, 7) is 2.56. The largest absolute Gasteiger partial charge is 0.464 e. The van der Waals surface area contributed by atoms with Gasteiger partial charge < -0.3 is 10.2 Å². The zero-order chi connectivity index (χ0) is 12.0. The number of rotatable bonds is 2. The van der Waals surface area contributed by atoms with Gasteiger partial charge in [0, 0.05) is 18.2 Å². The highest BCUT2D eigenvalue weighted by molar-refractivity contribution is 6.04. The summed E-state index contributed by atoms with van der Waals surface area (Å²) in [5.41, 5.74) is 8.11. The maximum absolute atomic E-state index is 11.6. The third-order valence-electron chi connectivity index (χ3n) is 2.77. The van der Waals surface area contributed by atoms with Gasteiger partial charge in [-0.2, -0.15) is 0 Å². The molecular formula is C12H13N3O2. The summed E-state index contributed by atoms with van der Waals surface area (Å²) in [7, 11) is 0. The summed E-state index contributed by atoms with van der Waals surface area (Å²) in [5.74, 6) is 0. The van der Waals surface area contributed by atoms with Crippen LogP contribution in [0.2, 0.25) is 0 Å². The number of nitrogens with zero attached hydrogens (tertiary/aromatic N) is 1. The molecule has 0 saturated heterocycles. The number of nitrogens with one attached hydrogen (secondary N) is 1. The van der Waals surface area contributed by atoms with Crippen molar-refractivity contribution in [2.75, 3.05) is 0 Å². The molecule has 0 aliphatic rings. The van der Waals surface area contributed by atoms with Crippen LogP contribution in [0, 0.1) is 0 Å². The van der Waals surface area contributed by atoms with E-state index >= 15 is 0 Å². The molecule has 5 heteroatoms. The zero-order valence-electron chi connectivity index (χ0n) is 9.43. The molecule has 17 heavy (non-hydrogen) atoms. The second-order valence-electron chi connectivity index (χ2n) is 4.35. The SMILES string of the molecule is CC(N)Cn1[nH]c2ccoc3cc(=O)cc1c23. The summed E-state index contributed by atoms with van der Waals surface area (Å²) in [4.78, 5) is 11.6. The molecule has 0 amide bonds. The van der Waals surface area contributed by atoms with Gasteiger partial charge in [-0.15, -0.1) is 0 Å². The zero-order valence-corrected chi connectivity index (χ0v) is 9.43. The van der Waals surface area contributed by atoms with Gasteiger partial charge in [-0.3, -0.25) is 14.6 Å². The summed E-state index contributed by atoms with van der Waals surface area (Å²) < 4.78 is 7.24. The predicted molar refractivity (Wildman–Crippen MR) is 66.0 cm³/mol. The molecule has 0 spiro atoms. The van der Waals surface area contributed by atoms with Crippen LogP contribution in [0.15, 0.2) is 33.7 Å². The number of nitrogens with two attached hydrogens (primary N) is 1. The third-order valence-corrected chi connectivity index (χ3v) is 2.77. The Morgan fingerprint density at radius 3 is 3.12 bits per heavy atom. The van der Waals surface area contributed by atoms with E-state index in [4.69, 9.17) is 10.2 Å². The van der Waals surface area contributed by atoms with Crippen LogP contribution in [0.4, 0.5) is 0 Å². The van der Waals surface area contributed by atoms with E-state index in [9.17, 15) is 4.79 Å². The van der Waals surface area contributed by atoms with E-state index in [1.165, 1.54) is 6.07 Å². The molecule has 2 aromatic heterocycles. The van der Waals surface area contributed by atoms with Crippen molar-refractivity contribution in [1.29, 1.82) is 0 Å². The fourth-order valence-electron chi connectivity index (χ4n) is 2.14. The molecule has 2 heterocycles. The van der Waals surface area contributed by atoms with Crippen LogP contribution in [0.25, 0.3) is 22.0 Å². The fourth-order valence-corrected chi connectivity index (χ4v) is 2.14. The van der Waals surface area contributed by atoms with E-state index < -0.39 is 0 Å². The van der Waals surface area contributed by atoms with E-state index in [0.29, 0.717) is 12.1 Å². The van der Waals surface area contributed by atoms with Crippen LogP contribution in [0.3, 0.4) is 0 Å². The van der Waals surface area contributed by atoms with Crippen molar-refractivity contribution in [2.45, 2.75) is 19.5 Å². The van der Waals surface area contributed by atoms with Crippen LogP contribution in [0.1, 0.15) is 6.92 Å². The van der Waals surface area contributed by atoms with Gasteiger partial charge in [0.2, 0.25) is 0 Å². The first-order valence-corrected chi connectivity index (χ1v) is 5.50. The summed E-state index contributed by atoms with van der Waals surface area (Å²) in [5, 5.41) is 4.16. The first kappa shape index (κ1) is 10.2. The van der Waals surface area contributed by atoms with Gasteiger partial charge in [0.15, 0.2) is 5.43 Å². The lowest BCUT2D eigenvalue weighted by Crippen LogP contribution is -2.22. The average molecular weight is 231 g/mol. The fraction of sp³-hybridized carbons (Fsp3) is 0.250. The molecule has 0 fully saturated rings. The van der Waals surface area contributed by atoms with Crippen LogP contribution in [-0.4, -0.2) is 15.8 Å². The van der Waals surface area contributed by atoms with Crippen molar-refractivity contribution in [3.8, 4) is 0 Å². The Hall–Kier alpha value is -2.01. The minimum atomic E-state index is -0.0632.